The van der Waals surface area contributed by atoms with Crippen molar-refractivity contribution in [2.75, 3.05) is 19.8 Å². The Kier molecular flexibility index (Phi) is 3.88. The molecule has 21 heavy (non-hydrogen) atoms. The molecule has 0 radical (unpaired) electrons. The molecule has 0 aromatic carbocycles. The van der Waals surface area contributed by atoms with E-state index in [1.165, 1.54) is 0 Å². The molecule has 2 aliphatic heterocycles. The number of Topliss-reactive ketones (excluding diaryl/α,β-unsaturated/α-hetero) is 1. The monoisotopic (exact) mass is 292 g/mol. The molecule has 1 unspecified atom stereocenters. The third-order valence-corrected chi connectivity index (χ3v) is 5.02. The van der Waals surface area contributed by atoms with Gasteiger partial charge in [-0.2, -0.15) is 5.10 Å². The number of hydrogen-bond acceptors (Lipinski definition) is 4. The van der Waals surface area contributed by atoms with Gasteiger partial charge in [0.15, 0.2) is 5.78 Å². The van der Waals surface area contributed by atoms with Crippen LogP contribution in [-0.2, 0) is 16.5 Å². The summed E-state index contributed by atoms with van der Waals surface area (Å²) in [5, 5.41) is 4.38. The van der Waals surface area contributed by atoms with Crippen molar-refractivity contribution >= 4 is 5.78 Å². The van der Waals surface area contributed by atoms with E-state index in [1.807, 2.05) is 20.9 Å². The van der Waals surface area contributed by atoms with Gasteiger partial charge in [0.05, 0.1) is 16.9 Å². The molecule has 2 fully saturated rings. The Bertz CT molecular complexity index is 538. The molecule has 1 aromatic heterocycles. The fourth-order valence-corrected chi connectivity index (χ4v) is 3.68. The Morgan fingerprint density at radius 2 is 2.00 bits per heavy atom. The van der Waals surface area contributed by atoms with E-state index in [0.717, 1.165) is 55.8 Å². The van der Waals surface area contributed by atoms with Gasteiger partial charge in [0.1, 0.15) is 0 Å². The minimum atomic E-state index is -0.138. The average Bonchev–Trinajstić information content (AvgIpc) is 2.72. The highest BCUT2D eigenvalue weighted by atomic mass is 16.5. The molecule has 0 bridgehead atoms. The van der Waals surface area contributed by atoms with Crippen LogP contribution in [-0.4, -0.2) is 41.0 Å². The van der Waals surface area contributed by atoms with Gasteiger partial charge < -0.3 is 9.47 Å². The largest absolute Gasteiger partial charge is 0.381 e. The number of carbonyl (C=O) groups is 1. The maximum Gasteiger partial charge on any atom is 0.169 e. The van der Waals surface area contributed by atoms with Crippen molar-refractivity contribution in [3.63, 3.8) is 0 Å². The van der Waals surface area contributed by atoms with Gasteiger partial charge in [-0.05, 0) is 39.5 Å². The van der Waals surface area contributed by atoms with Crippen LogP contribution in [0.3, 0.4) is 0 Å². The number of hydrogen-bond donors (Lipinski definition) is 0. The Morgan fingerprint density at radius 3 is 2.62 bits per heavy atom. The second-order valence-electron chi connectivity index (χ2n) is 6.37. The lowest BCUT2D eigenvalue weighted by atomic mass is 9.77. The first-order valence-corrected chi connectivity index (χ1v) is 7.78. The maximum atomic E-state index is 12.9. The average molecular weight is 292 g/mol. The summed E-state index contributed by atoms with van der Waals surface area (Å²) in [5.41, 5.74) is 2.48. The van der Waals surface area contributed by atoms with E-state index in [9.17, 15) is 4.79 Å². The summed E-state index contributed by atoms with van der Waals surface area (Å²) >= 11 is 0. The smallest absolute Gasteiger partial charge is 0.169 e. The molecular weight excluding hydrogens is 268 g/mol. The van der Waals surface area contributed by atoms with Crippen molar-refractivity contribution in [3.8, 4) is 0 Å². The van der Waals surface area contributed by atoms with E-state index < -0.39 is 0 Å². The summed E-state index contributed by atoms with van der Waals surface area (Å²) < 4.78 is 13.3. The molecule has 3 rings (SSSR count). The molecule has 5 nitrogen and oxygen atoms in total. The molecule has 3 heterocycles. The van der Waals surface area contributed by atoms with Crippen LogP contribution in [0.2, 0.25) is 0 Å². The Hall–Kier alpha value is -1.20. The Morgan fingerprint density at radius 1 is 1.29 bits per heavy atom. The highest BCUT2D eigenvalue weighted by molar-refractivity contribution is 6.00. The Balaban J connectivity index is 1.81. The van der Waals surface area contributed by atoms with Crippen LogP contribution >= 0.6 is 0 Å². The van der Waals surface area contributed by atoms with E-state index in [4.69, 9.17) is 9.47 Å². The lowest BCUT2D eigenvalue weighted by Gasteiger charge is -2.42. The fraction of sp³-hybridized carbons (Fsp3) is 0.750. The van der Waals surface area contributed by atoms with Crippen LogP contribution in [0.4, 0.5) is 0 Å². The van der Waals surface area contributed by atoms with Gasteiger partial charge in [-0.3, -0.25) is 9.48 Å². The minimum Gasteiger partial charge on any atom is -0.381 e. The van der Waals surface area contributed by atoms with Crippen LogP contribution in [0.25, 0.3) is 0 Å². The summed E-state index contributed by atoms with van der Waals surface area (Å²) in [5.74, 6) is 0.297. The molecule has 116 valence electrons. The van der Waals surface area contributed by atoms with Gasteiger partial charge in [-0.1, -0.05) is 0 Å². The second kappa shape index (κ2) is 5.54. The van der Waals surface area contributed by atoms with Crippen molar-refractivity contribution in [2.24, 2.45) is 13.0 Å². The molecular formula is C16H24N2O3. The first-order valence-electron chi connectivity index (χ1n) is 7.78. The van der Waals surface area contributed by atoms with Gasteiger partial charge in [-0.25, -0.2) is 0 Å². The van der Waals surface area contributed by atoms with Gasteiger partial charge in [-0.15, -0.1) is 0 Å². The summed E-state index contributed by atoms with van der Waals surface area (Å²) in [7, 11) is 1.89. The molecule has 0 aliphatic carbocycles. The number of ether oxygens (including phenoxy) is 2. The standard InChI is InChI=1S/C16H24N2O3/c1-11-14(12(2)18(3)17-11)15(19)13-4-7-21-16(10-13)5-8-20-9-6-16/h13H,4-10H2,1-3H3. The molecule has 1 spiro atoms. The van der Waals surface area contributed by atoms with E-state index in [2.05, 4.69) is 5.10 Å². The molecule has 2 saturated heterocycles. The summed E-state index contributed by atoms with van der Waals surface area (Å²) in [6.07, 6.45) is 3.45. The third-order valence-electron chi connectivity index (χ3n) is 5.02. The normalized spacial score (nSPS) is 25.2. The highest BCUT2D eigenvalue weighted by Gasteiger charge is 2.42. The van der Waals surface area contributed by atoms with Crippen molar-refractivity contribution in [3.05, 3.63) is 17.0 Å². The number of aryl methyl sites for hydroxylation is 2. The SMILES string of the molecule is Cc1nn(C)c(C)c1C(=O)C1CCOC2(CCOCC2)C1. The van der Waals surface area contributed by atoms with Gasteiger partial charge in [0.25, 0.3) is 0 Å². The fourth-order valence-electron chi connectivity index (χ4n) is 3.68. The van der Waals surface area contributed by atoms with Gasteiger partial charge in [0, 0.05) is 38.5 Å². The number of aromatic nitrogens is 2. The number of nitrogens with zero attached hydrogens (tertiary/aromatic N) is 2. The van der Waals surface area contributed by atoms with Crippen LogP contribution < -0.4 is 0 Å². The third kappa shape index (κ3) is 2.64. The van der Waals surface area contributed by atoms with Crippen LogP contribution in [0, 0.1) is 19.8 Å². The summed E-state index contributed by atoms with van der Waals surface area (Å²) in [6.45, 7) is 6.05. The molecule has 5 heteroatoms. The van der Waals surface area contributed by atoms with Crippen LogP contribution in [0.1, 0.15) is 47.4 Å². The van der Waals surface area contributed by atoms with E-state index >= 15 is 0 Å². The topological polar surface area (TPSA) is 53.4 Å². The number of rotatable bonds is 2. The van der Waals surface area contributed by atoms with Crippen molar-refractivity contribution in [1.29, 1.82) is 0 Å². The second-order valence-corrected chi connectivity index (χ2v) is 6.37. The lowest BCUT2D eigenvalue weighted by molar-refractivity contribution is -0.142. The summed E-state index contributed by atoms with van der Waals surface area (Å²) in [6, 6.07) is 0. The number of ketones is 1. The first-order chi connectivity index (χ1) is 10.0. The zero-order valence-corrected chi connectivity index (χ0v) is 13.1. The minimum absolute atomic E-state index is 0.0541. The zero-order valence-electron chi connectivity index (χ0n) is 13.1. The van der Waals surface area contributed by atoms with Crippen molar-refractivity contribution in [2.45, 2.75) is 45.1 Å². The summed E-state index contributed by atoms with van der Waals surface area (Å²) in [4.78, 5) is 12.9. The predicted molar refractivity (Wildman–Crippen MR) is 78.5 cm³/mol. The molecule has 1 aromatic rings. The van der Waals surface area contributed by atoms with Gasteiger partial charge >= 0.3 is 0 Å². The van der Waals surface area contributed by atoms with Crippen LogP contribution in [0.15, 0.2) is 0 Å². The zero-order chi connectivity index (χ0) is 15.0. The van der Waals surface area contributed by atoms with Crippen LogP contribution in [0.5, 0.6) is 0 Å². The molecule has 0 amide bonds. The van der Waals surface area contributed by atoms with Crippen molar-refractivity contribution in [1.82, 2.24) is 9.78 Å². The van der Waals surface area contributed by atoms with E-state index in [-0.39, 0.29) is 17.3 Å². The lowest BCUT2D eigenvalue weighted by Crippen LogP contribution is -2.46. The number of carbonyl (C=O) groups excluding carboxylic acids is 1. The molecule has 0 N–H and O–H groups in total. The van der Waals surface area contributed by atoms with Gasteiger partial charge in [0.2, 0.25) is 0 Å². The quantitative estimate of drug-likeness (QED) is 0.784. The molecule has 1 atom stereocenters. The van der Waals surface area contributed by atoms with Crippen molar-refractivity contribution < 1.29 is 14.3 Å². The first kappa shape index (κ1) is 14.7. The predicted octanol–water partition coefficient (Wildman–Crippen LogP) is 2.20. The highest BCUT2D eigenvalue weighted by Crippen LogP contribution is 2.38. The van der Waals surface area contributed by atoms with E-state index in [0.29, 0.717) is 6.61 Å². The maximum absolute atomic E-state index is 12.9. The molecule has 2 aliphatic rings. The Labute approximate surface area is 125 Å². The molecule has 0 saturated carbocycles. The van der Waals surface area contributed by atoms with E-state index in [1.54, 1.807) is 4.68 Å².